The van der Waals surface area contributed by atoms with E-state index in [0.717, 1.165) is 17.3 Å². The van der Waals surface area contributed by atoms with Crippen molar-refractivity contribution < 1.29 is 32.6 Å². The SMILES string of the molecule is Cc1cc(-c2ccc(C(O)(CCSCCC(N)C(=O)O)C(F)(F)F)cc2)c(C)o1. The van der Waals surface area contributed by atoms with Gasteiger partial charge in [0.1, 0.15) is 17.6 Å². The minimum atomic E-state index is -4.85. The quantitative estimate of drug-likeness (QED) is 0.514. The lowest BCUT2D eigenvalue weighted by Crippen LogP contribution is -2.42. The number of halogens is 3. The van der Waals surface area contributed by atoms with Gasteiger partial charge in [-0.2, -0.15) is 24.9 Å². The Morgan fingerprint density at radius 2 is 1.83 bits per heavy atom. The van der Waals surface area contributed by atoms with Gasteiger partial charge >= 0.3 is 12.1 Å². The Hall–Kier alpha value is -1.97. The molecule has 1 aromatic carbocycles. The molecule has 5 nitrogen and oxygen atoms in total. The zero-order chi connectivity index (χ0) is 21.8. The van der Waals surface area contributed by atoms with Crippen LogP contribution in [0.1, 0.15) is 29.9 Å². The van der Waals surface area contributed by atoms with Crippen molar-refractivity contribution in [1.82, 2.24) is 0 Å². The number of furan rings is 1. The van der Waals surface area contributed by atoms with E-state index in [2.05, 4.69) is 0 Å². The summed E-state index contributed by atoms with van der Waals surface area (Å²) in [6, 6.07) is 6.36. The van der Waals surface area contributed by atoms with Crippen LogP contribution in [0.3, 0.4) is 0 Å². The third-order valence-electron chi connectivity index (χ3n) is 4.68. The molecule has 2 rings (SSSR count). The fraction of sp³-hybridized carbons (Fsp3) is 0.450. The summed E-state index contributed by atoms with van der Waals surface area (Å²) >= 11 is 1.13. The van der Waals surface area contributed by atoms with Crippen molar-refractivity contribution in [3.8, 4) is 11.1 Å². The van der Waals surface area contributed by atoms with Crippen LogP contribution in [-0.4, -0.2) is 39.9 Å². The molecule has 0 saturated heterocycles. The van der Waals surface area contributed by atoms with Gasteiger partial charge in [-0.15, -0.1) is 0 Å². The molecule has 2 atom stereocenters. The second-order valence-electron chi connectivity index (χ2n) is 6.86. The first-order valence-electron chi connectivity index (χ1n) is 8.99. The standard InChI is InChI=1S/C20H24F3NO4S/c1-12-11-16(13(2)28-12)14-3-5-15(6-4-14)19(27,20(21,22)23)8-10-29-9-7-17(24)18(25)26/h3-6,11,17,27H,7-10,24H2,1-2H3,(H,25,26). The van der Waals surface area contributed by atoms with Crippen LogP contribution in [0.4, 0.5) is 13.2 Å². The number of aliphatic hydroxyl groups is 1. The Bertz CT molecular complexity index is 835. The van der Waals surface area contributed by atoms with Gasteiger partial charge in [0.15, 0.2) is 5.60 Å². The summed E-state index contributed by atoms with van der Waals surface area (Å²) in [7, 11) is 0. The van der Waals surface area contributed by atoms with E-state index in [1.165, 1.54) is 24.3 Å². The molecule has 0 amide bonds. The Morgan fingerprint density at radius 1 is 1.21 bits per heavy atom. The number of hydrogen-bond donors (Lipinski definition) is 3. The molecule has 0 radical (unpaired) electrons. The number of alkyl halides is 3. The third kappa shape index (κ3) is 5.55. The van der Waals surface area contributed by atoms with Crippen molar-refractivity contribution in [3.63, 3.8) is 0 Å². The molecule has 9 heteroatoms. The summed E-state index contributed by atoms with van der Waals surface area (Å²) in [6.07, 6.45) is -5.26. The van der Waals surface area contributed by atoms with Gasteiger partial charge in [0.2, 0.25) is 0 Å². The van der Waals surface area contributed by atoms with E-state index in [-0.39, 0.29) is 17.7 Å². The Labute approximate surface area is 171 Å². The first-order chi connectivity index (χ1) is 13.5. The van der Waals surface area contributed by atoms with Crippen LogP contribution in [0.2, 0.25) is 0 Å². The summed E-state index contributed by atoms with van der Waals surface area (Å²) in [5.74, 6) is 0.509. The molecule has 4 N–H and O–H groups in total. The monoisotopic (exact) mass is 431 g/mol. The van der Waals surface area contributed by atoms with E-state index in [1.807, 2.05) is 0 Å². The number of aliphatic carboxylic acids is 1. The van der Waals surface area contributed by atoms with Gasteiger partial charge in [-0.25, -0.2) is 0 Å². The summed E-state index contributed by atoms with van der Waals surface area (Å²) in [6.45, 7) is 3.56. The number of hydrogen-bond acceptors (Lipinski definition) is 5. The fourth-order valence-electron chi connectivity index (χ4n) is 2.95. The van der Waals surface area contributed by atoms with Crippen LogP contribution in [0.5, 0.6) is 0 Å². The van der Waals surface area contributed by atoms with Crippen molar-refractivity contribution in [2.75, 3.05) is 11.5 Å². The maximum Gasteiger partial charge on any atom is 0.421 e. The molecule has 0 spiro atoms. The van der Waals surface area contributed by atoms with Gasteiger partial charge in [0, 0.05) is 5.56 Å². The molecule has 1 heterocycles. The van der Waals surface area contributed by atoms with Crippen LogP contribution < -0.4 is 5.73 Å². The normalized spacial score (nSPS) is 15.1. The molecule has 0 aliphatic rings. The summed E-state index contributed by atoms with van der Waals surface area (Å²) in [5, 5.41) is 19.2. The summed E-state index contributed by atoms with van der Waals surface area (Å²) in [4.78, 5) is 10.7. The highest BCUT2D eigenvalue weighted by Gasteiger charge is 2.54. The second-order valence-corrected chi connectivity index (χ2v) is 8.08. The van der Waals surface area contributed by atoms with Crippen LogP contribution in [0, 0.1) is 13.8 Å². The number of carboxylic acid groups (broad SMARTS) is 1. The predicted molar refractivity (Wildman–Crippen MR) is 106 cm³/mol. The zero-order valence-corrected chi connectivity index (χ0v) is 16.9. The molecular formula is C20H24F3NO4S. The lowest BCUT2D eigenvalue weighted by atomic mass is 9.89. The van der Waals surface area contributed by atoms with Gasteiger partial charge in [-0.3, -0.25) is 4.79 Å². The maximum atomic E-state index is 13.7. The Balaban J connectivity index is 2.11. The second kappa shape index (κ2) is 9.23. The molecule has 2 unspecified atom stereocenters. The number of rotatable bonds is 9. The van der Waals surface area contributed by atoms with Gasteiger partial charge in [-0.05, 0) is 55.4 Å². The minimum absolute atomic E-state index is 0.00410. The summed E-state index contributed by atoms with van der Waals surface area (Å²) in [5.41, 5.74) is 3.62. The Kier molecular flexibility index (Phi) is 7.42. The van der Waals surface area contributed by atoms with Crippen molar-refractivity contribution in [1.29, 1.82) is 0 Å². The highest BCUT2D eigenvalue weighted by Crippen LogP contribution is 2.43. The molecule has 1 aromatic heterocycles. The van der Waals surface area contributed by atoms with Crippen LogP contribution in [0.25, 0.3) is 11.1 Å². The molecule has 0 aliphatic heterocycles. The average molecular weight is 431 g/mol. The number of benzene rings is 1. The third-order valence-corrected chi connectivity index (χ3v) is 5.70. The molecule has 29 heavy (non-hydrogen) atoms. The largest absolute Gasteiger partial charge is 0.480 e. The molecule has 0 bridgehead atoms. The fourth-order valence-corrected chi connectivity index (χ4v) is 4.01. The Morgan fingerprint density at radius 3 is 2.31 bits per heavy atom. The van der Waals surface area contributed by atoms with Crippen molar-refractivity contribution >= 4 is 17.7 Å². The lowest BCUT2D eigenvalue weighted by Gasteiger charge is -2.31. The van der Waals surface area contributed by atoms with E-state index < -0.39 is 30.2 Å². The van der Waals surface area contributed by atoms with Gasteiger partial charge in [0.05, 0.1) is 0 Å². The number of aryl methyl sites for hydroxylation is 2. The number of carbonyl (C=O) groups is 1. The van der Waals surface area contributed by atoms with Crippen LogP contribution >= 0.6 is 11.8 Å². The number of nitrogens with two attached hydrogens (primary N) is 1. The van der Waals surface area contributed by atoms with Gasteiger partial charge in [-0.1, -0.05) is 24.3 Å². The van der Waals surface area contributed by atoms with Crippen LogP contribution in [-0.2, 0) is 10.4 Å². The van der Waals surface area contributed by atoms with Crippen molar-refractivity contribution in [3.05, 3.63) is 47.4 Å². The highest BCUT2D eigenvalue weighted by molar-refractivity contribution is 7.99. The molecule has 0 fully saturated rings. The van der Waals surface area contributed by atoms with E-state index in [0.29, 0.717) is 22.8 Å². The van der Waals surface area contributed by atoms with Crippen molar-refractivity contribution in [2.45, 2.75) is 44.5 Å². The maximum absolute atomic E-state index is 13.7. The minimum Gasteiger partial charge on any atom is -0.480 e. The van der Waals surface area contributed by atoms with Crippen LogP contribution in [0.15, 0.2) is 34.7 Å². The van der Waals surface area contributed by atoms with E-state index in [4.69, 9.17) is 15.3 Å². The molecule has 2 aromatic rings. The van der Waals surface area contributed by atoms with E-state index in [1.54, 1.807) is 19.9 Å². The summed E-state index contributed by atoms with van der Waals surface area (Å²) < 4.78 is 46.4. The van der Waals surface area contributed by atoms with Gasteiger partial charge in [0.25, 0.3) is 0 Å². The predicted octanol–water partition coefficient (Wildman–Crippen LogP) is 4.24. The lowest BCUT2D eigenvalue weighted by molar-refractivity contribution is -0.267. The van der Waals surface area contributed by atoms with Crippen molar-refractivity contribution in [2.24, 2.45) is 5.73 Å². The smallest absolute Gasteiger partial charge is 0.421 e. The van der Waals surface area contributed by atoms with Gasteiger partial charge < -0.3 is 20.4 Å². The van der Waals surface area contributed by atoms with E-state index >= 15 is 0 Å². The first kappa shape index (κ1) is 23.3. The molecule has 160 valence electrons. The molecule has 0 aliphatic carbocycles. The average Bonchev–Trinajstić information content (AvgIpc) is 2.98. The topological polar surface area (TPSA) is 96.7 Å². The number of carboxylic acids is 1. The molecular weight excluding hydrogens is 407 g/mol. The van der Waals surface area contributed by atoms with E-state index in [9.17, 15) is 23.1 Å². The molecule has 0 saturated carbocycles. The zero-order valence-electron chi connectivity index (χ0n) is 16.1. The number of thioether (sulfide) groups is 1. The highest BCUT2D eigenvalue weighted by atomic mass is 32.2. The first-order valence-corrected chi connectivity index (χ1v) is 10.1.